The fraction of sp³-hybridized carbons (Fsp3) is 0.0833. The van der Waals surface area contributed by atoms with Crippen LogP contribution in [0.25, 0.3) is 11.0 Å². The molecule has 0 aliphatic rings. The van der Waals surface area contributed by atoms with Gasteiger partial charge in [0.15, 0.2) is 0 Å². The van der Waals surface area contributed by atoms with Gasteiger partial charge in [0.2, 0.25) is 0 Å². The van der Waals surface area contributed by atoms with E-state index in [9.17, 15) is 4.79 Å². The van der Waals surface area contributed by atoms with Crippen molar-refractivity contribution in [1.82, 2.24) is 9.97 Å². The fourth-order valence-corrected chi connectivity index (χ4v) is 4.92. The second kappa shape index (κ2) is 4.90. The summed E-state index contributed by atoms with van der Waals surface area (Å²) in [5.41, 5.74) is 9.60. The highest BCUT2D eigenvalue weighted by atomic mass is 79.9. The predicted octanol–water partition coefficient (Wildman–Crippen LogP) is 3.49. The zero-order valence-corrected chi connectivity index (χ0v) is 13.5. The van der Waals surface area contributed by atoms with Crippen molar-refractivity contribution in [1.29, 1.82) is 0 Å². The lowest BCUT2D eigenvalue weighted by Crippen LogP contribution is -2.11. The average molecular weight is 403 g/mol. The number of nitrogens with one attached hydrogen (secondary N) is 2. The number of imidazole rings is 1. The van der Waals surface area contributed by atoms with E-state index in [2.05, 4.69) is 41.8 Å². The molecule has 0 amide bonds. The van der Waals surface area contributed by atoms with Crippen molar-refractivity contribution in [3.63, 3.8) is 0 Å². The third-order valence-corrected chi connectivity index (χ3v) is 5.30. The number of rotatable bonds is 2. The molecule has 0 aliphatic heterocycles. The van der Waals surface area contributed by atoms with Crippen LogP contribution < -0.4 is 11.4 Å². The van der Waals surface area contributed by atoms with E-state index in [1.54, 1.807) is 11.3 Å². The molecule has 3 rings (SSSR count). The summed E-state index contributed by atoms with van der Waals surface area (Å²) >= 11 is 8.55. The largest absolute Gasteiger partial charge is 0.323 e. The molecule has 19 heavy (non-hydrogen) atoms. The molecule has 0 aliphatic carbocycles. The minimum absolute atomic E-state index is 0.208. The van der Waals surface area contributed by atoms with Crippen molar-refractivity contribution >= 4 is 54.2 Å². The van der Waals surface area contributed by atoms with E-state index in [1.807, 2.05) is 24.3 Å². The van der Waals surface area contributed by atoms with E-state index in [0.29, 0.717) is 0 Å². The van der Waals surface area contributed by atoms with Crippen LogP contribution in [0.4, 0.5) is 0 Å². The second-order valence-electron chi connectivity index (χ2n) is 4.14. The first-order valence-corrected chi connectivity index (χ1v) is 7.87. The fourth-order valence-electron chi connectivity index (χ4n) is 1.99. The molecule has 4 nitrogen and oxygen atoms in total. The minimum atomic E-state index is -0.236. The number of hydrogen-bond acceptors (Lipinski definition) is 3. The van der Waals surface area contributed by atoms with Crippen molar-refractivity contribution in [2.45, 2.75) is 6.04 Å². The second-order valence-corrected chi connectivity index (χ2v) is 7.89. The summed E-state index contributed by atoms with van der Waals surface area (Å²) < 4.78 is 2.04. The third kappa shape index (κ3) is 2.43. The molecule has 0 saturated carbocycles. The van der Waals surface area contributed by atoms with Gasteiger partial charge in [-0.2, -0.15) is 0 Å². The molecule has 98 valence electrons. The molecule has 0 saturated heterocycles. The minimum Gasteiger partial charge on any atom is -0.320 e. The summed E-state index contributed by atoms with van der Waals surface area (Å²) in [4.78, 5) is 16.7. The van der Waals surface area contributed by atoms with Crippen molar-refractivity contribution < 1.29 is 0 Å². The monoisotopic (exact) mass is 401 g/mol. The lowest BCUT2D eigenvalue weighted by molar-refractivity contribution is 0.874. The number of nitrogens with two attached hydrogens (primary N) is 1. The molecule has 1 aromatic carbocycles. The number of aromatic amines is 2. The summed E-state index contributed by atoms with van der Waals surface area (Å²) in [6.07, 6.45) is 0. The normalized spacial score (nSPS) is 13.0. The van der Waals surface area contributed by atoms with Gasteiger partial charge in [-0.05, 0) is 61.2 Å². The van der Waals surface area contributed by atoms with E-state index in [1.165, 1.54) is 0 Å². The number of fused-ring (bicyclic) bond motifs is 1. The summed E-state index contributed by atoms with van der Waals surface area (Å²) in [7, 11) is 0. The Morgan fingerprint density at radius 1 is 1.16 bits per heavy atom. The van der Waals surface area contributed by atoms with Crippen molar-refractivity contribution in [3.05, 3.63) is 53.4 Å². The van der Waals surface area contributed by atoms with Crippen LogP contribution in [0.2, 0.25) is 0 Å². The molecule has 3 aromatic rings. The Bertz CT molecular complexity index is 805. The number of aromatic nitrogens is 2. The first kappa shape index (κ1) is 13.1. The van der Waals surface area contributed by atoms with Crippen LogP contribution >= 0.6 is 43.2 Å². The molecular formula is C12H9Br2N3OS. The van der Waals surface area contributed by atoms with Crippen LogP contribution in [0.1, 0.15) is 17.2 Å². The molecule has 2 heterocycles. The Balaban J connectivity index is 2.08. The maximum Gasteiger partial charge on any atom is 0.323 e. The van der Waals surface area contributed by atoms with Crippen molar-refractivity contribution in [2.75, 3.05) is 0 Å². The number of benzene rings is 1. The van der Waals surface area contributed by atoms with Gasteiger partial charge in [-0.1, -0.05) is 6.07 Å². The van der Waals surface area contributed by atoms with Crippen LogP contribution in [0.5, 0.6) is 0 Å². The van der Waals surface area contributed by atoms with Gasteiger partial charge in [0, 0.05) is 0 Å². The summed E-state index contributed by atoms with van der Waals surface area (Å²) in [6.45, 7) is 0. The Morgan fingerprint density at radius 2 is 1.89 bits per heavy atom. The van der Waals surface area contributed by atoms with Gasteiger partial charge >= 0.3 is 5.69 Å². The molecule has 2 aromatic heterocycles. The maximum absolute atomic E-state index is 11.2. The molecule has 7 heteroatoms. The molecule has 4 N–H and O–H groups in total. The highest BCUT2D eigenvalue weighted by Crippen LogP contribution is 2.37. The molecule has 1 unspecified atom stereocenters. The van der Waals surface area contributed by atoms with Gasteiger partial charge in [0.25, 0.3) is 0 Å². The summed E-state index contributed by atoms with van der Waals surface area (Å²) in [5.74, 6) is 0. The van der Waals surface area contributed by atoms with Crippen LogP contribution in [0.3, 0.4) is 0 Å². The third-order valence-electron chi connectivity index (χ3n) is 2.92. The van der Waals surface area contributed by atoms with Gasteiger partial charge in [0.05, 0.1) is 24.6 Å². The lowest BCUT2D eigenvalue weighted by Gasteiger charge is -2.11. The van der Waals surface area contributed by atoms with Crippen LogP contribution in [-0.4, -0.2) is 9.97 Å². The quantitative estimate of drug-likeness (QED) is 0.613. The topological polar surface area (TPSA) is 74.7 Å². The van der Waals surface area contributed by atoms with E-state index >= 15 is 0 Å². The van der Waals surface area contributed by atoms with Crippen LogP contribution in [0, 0.1) is 0 Å². The molecule has 0 radical (unpaired) electrons. The van der Waals surface area contributed by atoms with Crippen LogP contribution in [-0.2, 0) is 0 Å². The Morgan fingerprint density at radius 3 is 2.58 bits per heavy atom. The number of thiophene rings is 1. The standard InChI is InChI=1S/C12H9Br2N3OS/c13-9-4-6(11(14)19-9)10(15)5-1-2-7-8(3-5)17-12(18)16-7/h1-4,10H,15H2,(H2,16,17,18). The Labute approximate surface area is 129 Å². The molecule has 0 spiro atoms. The van der Waals surface area contributed by atoms with Gasteiger partial charge < -0.3 is 15.7 Å². The first-order valence-electron chi connectivity index (χ1n) is 5.47. The van der Waals surface area contributed by atoms with Gasteiger partial charge in [0.1, 0.15) is 0 Å². The van der Waals surface area contributed by atoms with E-state index in [0.717, 1.165) is 29.7 Å². The average Bonchev–Trinajstić information content (AvgIpc) is 2.88. The van der Waals surface area contributed by atoms with Gasteiger partial charge in [-0.3, -0.25) is 0 Å². The number of H-pyrrole nitrogens is 2. The number of halogens is 2. The molecule has 0 bridgehead atoms. The predicted molar refractivity (Wildman–Crippen MR) is 84.7 cm³/mol. The Kier molecular flexibility index (Phi) is 3.38. The van der Waals surface area contributed by atoms with Crippen molar-refractivity contribution in [3.8, 4) is 0 Å². The lowest BCUT2D eigenvalue weighted by atomic mass is 10.0. The zero-order chi connectivity index (χ0) is 13.6. The van der Waals surface area contributed by atoms with E-state index in [-0.39, 0.29) is 11.7 Å². The molecular weight excluding hydrogens is 394 g/mol. The van der Waals surface area contributed by atoms with E-state index in [4.69, 9.17) is 5.73 Å². The highest BCUT2D eigenvalue weighted by molar-refractivity contribution is 9.12. The van der Waals surface area contributed by atoms with E-state index < -0.39 is 0 Å². The zero-order valence-electron chi connectivity index (χ0n) is 9.54. The summed E-state index contributed by atoms with van der Waals surface area (Å²) in [5, 5.41) is 0. The van der Waals surface area contributed by atoms with Gasteiger partial charge in [-0.25, -0.2) is 4.79 Å². The smallest absolute Gasteiger partial charge is 0.320 e. The van der Waals surface area contributed by atoms with Crippen molar-refractivity contribution in [2.24, 2.45) is 5.73 Å². The SMILES string of the molecule is NC(c1ccc2[nH]c(=O)[nH]c2c1)c1cc(Br)sc1Br. The van der Waals surface area contributed by atoms with Gasteiger partial charge in [-0.15, -0.1) is 11.3 Å². The molecule has 0 fully saturated rings. The first-order chi connectivity index (χ1) is 9.04. The highest BCUT2D eigenvalue weighted by Gasteiger charge is 2.16. The van der Waals surface area contributed by atoms with Crippen LogP contribution in [0.15, 0.2) is 36.6 Å². The summed E-state index contributed by atoms with van der Waals surface area (Å²) in [6, 6.07) is 7.45. The Hall–Kier alpha value is -0.890. The molecule has 1 atom stereocenters. The maximum atomic E-state index is 11.2. The number of hydrogen-bond donors (Lipinski definition) is 3.